The molecule has 0 aliphatic carbocycles. The van der Waals surface area contributed by atoms with Crippen LogP contribution in [-0.2, 0) is 0 Å². The van der Waals surface area contributed by atoms with Crippen LogP contribution in [0.2, 0.25) is 10.0 Å². The highest BCUT2D eigenvalue weighted by Crippen LogP contribution is 2.32. The van der Waals surface area contributed by atoms with Gasteiger partial charge in [-0.25, -0.2) is 4.98 Å². The lowest BCUT2D eigenvalue weighted by molar-refractivity contribution is 0.102. The van der Waals surface area contributed by atoms with Crippen LogP contribution < -0.4 is 30.5 Å². The molecule has 0 unspecified atom stereocenters. The SMILES string of the molecule is CCCN1CCN(c2ccc(Nc3ncc(C(=O)Nc4c(Cl)cccc4Cl)c(Oc4ccc(N5CCNCC5)cc4)n3)cc2)CC1. The van der Waals surface area contributed by atoms with E-state index in [1.54, 1.807) is 18.2 Å². The Morgan fingerprint density at radius 3 is 2.15 bits per heavy atom. The van der Waals surface area contributed by atoms with E-state index >= 15 is 0 Å². The van der Waals surface area contributed by atoms with Crippen molar-refractivity contribution in [1.29, 1.82) is 0 Å². The van der Waals surface area contributed by atoms with E-state index in [1.165, 1.54) is 18.3 Å². The molecule has 0 bridgehead atoms. The first-order valence-corrected chi connectivity index (χ1v) is 16.4. The average molecular weight is 662 g/mol. The van der Waals surface area contributed by atoms with Gasteiger partial charge in [0.1, 0.15) is 11.3 Å². The summed E-state index contributed by atoms with van der Waals surface area (Å²) in [5.74, 6) is 0.421. The van der Waals surface area contributed by atoms with E-state index in [4.69, 9.17) is 27.9 Å². The molecular formula is C34H38Cl2N8O2. The second kappa shape index (κ2) is 15.0. The average Bonchev–Trinajstić information content (AvgIpc) is 3.08. The van der Waals surface area contributed by atoms with E-state index in [2.05, 4.69) is 59.7 Å². The Morgan fingerprint density at radius 1 is 0.870 bits per heavy atom. The number of nitrogens with zero attached hydrogens (tertiary/aromatic N) is 5. The molecule has 0 spiro atoms. The lowest BCUT2D eigenvalue weighted by Gasteiger charge is -2.36. The van der Waals surface area contributed by atoms with E-state index in [0.29, 0.717) is 27.4 Å². The van der Waals surface area contributed by atoms with E-state index in [-0.39, 0.29) is 11.4 Å². The van der Waals surface area contributed by atoms with Gasteiger partial charge in [-0.15, -0.1) is 0 Å². The highest BCUT2D eigenvalue weighted by molar-refractivity contribution is 6.40. The first-order chi connectivity index (χ1) is 22.5. The van der Waals surface area contributed by atoms with E-state index in [9.17, 15) is 4.79 Å². The number of carbonyl (C=O) groups excluding carboxylic acids is 1. The Hall–Kier alpha value is -4.09. The van der Waals surface area contributed by atoms with Crippen LogP contribution in [-0.4, -0.2) is 79.7 Å². The van der Waals surface area contributed by atoms with Crippen molar-refractivity contribution in [2.75, 3.05) is 79.3 Å². The number of halogens is 2. The maximum Gasteiger partial charge on any atom is 0.262 e. The summed E-state index contributed by atoms with van der Waals surface area (Å²) < 4.78 is 6.21. The van der Waals surface area contributed by atoms with Gasteiger partial charge in [-0.05, 0) is 73.6 Å². The van der Waals surface area contributed by atoms with E-state index in [1.807, 2.05) is 36.4 Å². The lowest BCUT2D eigenvalue weighted by atomic mass is 10.2. The Morgan fingerprint density at radius 2 is 1.50 bits per heavy atom. The number of hydrogen-bond acceptors (Lipinski definition) is 9. The molecule has 12 heteroatoms. The smallest absolute Gasteiger partial charge is 0.262 e. The fourth-order valence-electron chi connectivity index (χ4n) is 5.65. The molecule has 2 saturated heterocycles. The molecule has 0 atom stereocenters. The van der Waals surface area contributed by atoms with Crippen molar-refractivity contribution in [2.24, 2.45) is 0 Å². The van der Waals surface area contributed by atoms with Crippen molar-refractivity contribution in [1.82, 2.24) is 20.2 Å². The zero-order valence-corrected chi connectivity index (χ0v) is 27.3. The number of aromatic nitrogens is 2. The van der Waals surface area contributed by atoms with Crippen LogP contribution in [0.5, 0.6) is 11.6 Å². The van der Waals surface area contributed by atoms with Gasteiger partial charge in [-0.2, -0.15) is 4.98 Å². The highest BCUT2D eigenvalue weighted by Gasteiger charge is 2.21. The van der Waals surface area contributed by atoms with Crippen LogP contribution in [0.4, 0.5) is 28.7 Å². The van der Waals surface area contributed by atoms with Crippen molar-refractivity contribution in [3.05, 3.63) is 88.5 Å². The third kappa shape index (κ3) is 7.82. The number of carbonyl (C=O) groups is 1. The summed E-state index contributed by atoms with van der Waals surface area (Å²) >= 11 is 12.6. The maximum atomic E-state index is 13.5. The first kappa shape index (κ1) is 31.9. The van der Waals surface area contributed by atoms with Crippen LogP contribution in [0.1, 0.15) is 23.7 Å². The monoisotopic (exact) mass is 660 g/mol. The molecule has 1 amide bonds. The van der Waals surface area contributed by atoms with E-state index in [0.717, 1.165) is 70.3 Å². The van der Waals surface area contributed by atoms with Crippen LogP contribution in [0.15, 0.2) is 72.9 Å². The molecular weight excluding hydrogens is 623 g/mol. The summed E-state index contributed by atoms with van der Waals surface area (Å²) in [5.41, 5.74) is 3.54. The van der Waals surface area contributed by atoms with Crippen LogP contribution >= 0.6 is 23.2 Å². The minimum Gasteiger partial charge on any atom is -0.438 e. The molecule has 10 nitrogen and oxygen atoms in total. The van der Waals surface area contributed by atoms with Crippen molar-refractivity contribution in [3.8, 4) is 11.6 Å². The molecule has 240 valence electrons. The fraction of sp³-hybridized carbons (Fsp3) is 0.324. The Kier molecular flexibility index (Phi) is 10.4. The highest BCUT2D eigenvalue weighted by atomic mass is 35.5. The number of para-hydroxylation sites is 1. The molecule has 0 saturated carbocycles. The molecule has 2 aliphatic rings. The fourth-order valence-corrected chi connectivity index (χ4v) is 6.14. The van der Waals surface area contributed by atoms with Gasteiger partial charge in [0.05, 0.1) is 15.7 Å². The van der Waals surface area contributed by atoms with Gasteiger partial charge in [-0.1, -0.05) is 36.2 Å². The molecule has 0 radical (unpaired) electrons. The summed E-state index contributed by atoms with van der Waals surface area (Å²) in [6, 6.07) is 21.0. The summed E-state index contributed by atoms with van der Waals surface area (Å²) in [7, 11) is 0. The van der Waals surface area contributed by atoms with Gasteiger partial charge >= 0.3 is 0 Å². The number of hydrogen-bond donors (Lipinski definition) is 3. The van der Waals surface area contributed by atoms with Gasteiger partial charge in [0.25, 0.3) is 5.91 Å². The zero-order chi connectivity index (χ0) is 31.9. The minimum absolute atomic E-state index is 0.0923. The number of amides is 1. The topological polar surface area (TPSA) is 97.9 Å². The van der Waals surface area contributed by atoms with Crippen molar-refractivity contribution >= 4 is 57.8 Å². The molecule has 2 fully saturated rings. The van der Waals surface area contributed by atoms with Crippen LogP contribution in [0.3, 0.4) is 0 Å². The molecule has 4 aromatic rings. The van der Waals surface area contributed by atoms with Gasteiger partial charge in [0, 0.05) is 75.6 Å². The minimum atomic E-state index is -0.502. The number of nitrogens with one attached hydrogen (secondary N) is 3. The van der Waals surface area contributed by atoms with Gasteiger partial charge < -0.3 is 30.5 Å². The predicted octanol–water partition coefficient (Wildman–Crippen LogP) is 6.51. The third-order valence-corrected chi connectivity index (χ3v) is 8.76. The van der Waals surface area contributed by atoms with Crippen molar-refractivity contribution in [2.45, 2.75) is 13.3 Å². The first-order valence-electron chi connectivity index (χ1n) is 15.7. The number of anilines is 5. The molecule has 3 heterocycles. The van der Waals surface area contributed by atoms with Gasteiger partial charge in [0.2, 0.25) is 11.8 Å². The normalized spacial score (nSPS) is 15.5. The number of ether oxygens (including phenoxy) is 1. The summed E-state index contributed by atoms with van der Waals surface area (Å²) in [5, 5.41) is 10.0. The summed E-state index contributed by atoms with van der Waals surface area (Å²) in [6.45, 7) is 11.3. The molecule has 1 aromatic heterocycles. The van der Waals surface area contributed by atoms with Gasteiger partial charge in [-0.3, -0.25) is 9.69 Å². The van der Waals surface area contributed by atoms with E-state index < -0.39 is 5.91 Å². The summed E-state index contributed by atoms with van der Waals surface area (Å²) in [4.78, 5) is 29.8. The molecule has 3 N–H and O–H groups in total. The maximum absolute atomic E-state index is 13.5. The van der Waals surface area contributed by atoms with Crippen molar-refractivity contribution in [3.63, 3.8) is 0 Å². The predicted molar refractivity (Wildman–Crippen MR) is 187 cm³/mol. The lowest BCUT2D eigenvalue weighted by Crippen LogP contribution is -2.46. The Bertz CT molecular complexity index is 1600. The molecule has 2 aliphatic heterocycles. The Labute approximate surface area is 279 Å². The van der Waals surface area contributed by atoms with Crippen molar-refractivity contribution < 1.29 is 9.53 Å². The number of piperazine rings is 2. The third-order valence-electron chi connectivity index (χ3n) is 8.13. The molecule has 6 rings (SSSR count). The molecule has 3 aromatic carbocycles. The van der Waals surface area contributed by atoms with Crippen LogP contribution in [0.25, 0.3) is 0 Å². The Balaban J connectivity index is 1.21. The standard InChI is InChI=1S/C34H38Cl2N8O2/c1-2-16-42-19-21-44(22-20-42)25-8-6-24(7-9-25)39-34-38-23-28(32(45)40-31-29(35)4-3-5-30(31)36)33(41-34)46-27-12-10-26(11-13-27)43-17-14-37-15-18-43/h3-13,23,37H,2,14-22H2,1H3,(H,40,45)(H,38,39,41). The largest absolute Gasteiger partial charge is 0.438 e. The second-order valence-electron chi connectivity index (χ2n) is 11.3. The second-order valence-corrected chi connectivity index (χ2v) is 12.1. The molecule has 46 heavy (non-hydrogen) atoms. The zero-order valence-electron chi connectivity index (χ0n) is 25.8. The number of rotatable bonds is 10. The number of benzene rings is 3. The quantitative estimate of drug-likeness (QED) is 0.176. The van der Waals surface area contributed by atoms with Crippen LogP contribution in [0, 0.1) is 0 Å². The summed E-state index contributed by atoms with van der Waals surface area (Å²) in [6.07, 6.45) is 2.61. The van der Waals surface area contributed by atoms with Gasteiger partial charge in [0.15, 0.2) is 0 Å².